The van der Waals surface area contributed by atoms with Crippen molar-refractivity contribution in [1.29, 1.82) is 0 Å². The SMILES string of the molecule is CNC(=O)c1cccc(NC(=O)c2ccccc2Nc2ccc(SC(F)F)cc2)c1. The van der Waals surface area contributed by atoms with Crippen LogP contribution in [0.4, 0.5) is 25.8 Å². The van der Waals surface area contributed by atoms with Gasteiger partial charge in [0.05, 0.1) is 11.3 Å². The Labute approximate surface area is 176 Å². The number of alkyl halides is 2. The Morgan fingerprint density at radius 1 is 0.867 bits per heavy atom. The summed E-state index contributed by atoms with van der Waals surface area (Å²) in [5.74, 6) is -3.08. The van der Waals surface area contributed by atoms with Crippen LogP contribution in [0.5, 0.6) is 0 Å². The van der Waals surface area contributed by atoms with Gasteiger partial charge in [-0.25, -0.2) is 0 Å². The molecule has 0 aliphatic rings. The van der Waals surface area contributed by atoms with Crippen LogP contribution in [0.2, 0.25) is 0 Å². The average Bonchev–Trinajstić information content (AvgIpc) is 2.74. The van der Waals surface area contributed by atoms with E-state index in [2.05, 4.69) is 16.0 Å². The molecule has 0 saturated heterocycles. The number of carbonyl (C=O) groups is 2. The first-order chi connectivity index (χ1) is 14.5. The molecule has 154 valence electrons. The molecule has 0 spiro atoms. The van der Waals surface area contributed by atoms with E-state index < -0.39 is 5.76 Å². The maximum atomic E-state index is 12.8. The highest BCUT2D eigenvalue weighted by Gasteiger charge is 2.13. The van der Waals surface area contributed by atoms with Crippen molar-refractivity contribution in [3.8, 4) is 0 Å². The Hall–Kier alpha value is -3.39. The normalized spacial score (nSPS) is 10.5. The van der Waals surface area contributed by atoms with Crippen molar-refractivity contribution < 1.29 is 18.4 Å². The fourth-order valence-electron chi connectivity index (χ4n) is 2.75. The zero-order valence-corrected chi connectivity index (χ0v) is 16.8. The summed E-state index contributed by atoms with van der Waals surface area (Å²) in [6.45, 7) is 0. The molecule has 30 heavy (non-hydrogen) atoms. The van der Waals surface area contributed by atoms with E-state index in [1.165, 1.54) is 7.05 Å². The quantitative estimate of drug-likeness (QED) is 0.444. The summed E-state index contributed by atoms with van der Waals surface area (Å²) in [5.41, 5.74) is 2.55. The monoisotopic (exact) mass is 427 g/mol. The molecule has 0 aliphatic carbocycles. The smallest absolute Gasteiger partial charge is 0.288 e. The number of thioether (sulfide) groups is 1. The molecule has 0 atom stereocenters. The number of hydrogen-bond donors (Lipinski definition) is 3. The summed E-state index contributed by atoms with van der Waals surface area (Å²) in [5, 5.41) is 8.47. The molecule has 0 aliphatic heterocycles. The number of rotatable bonds is 7. The van der Waals surface area contributed by atoms with Gasteiger partial charge in [0, 0.05) is 28.9 Å². The number of carbonyl (C=O) groups excluding carboxylic acids is 2. The third-order valence-corrected chi connectivity index (χ3v) is 4.86. The van der Waals surface area contributed by atoms with Crippen molar-refractivity contribution in [2.24, 2.45) is 0 Å². The largest absolute Gasteiger partial charge is 0.355 e. The number of para-hydroxylation sites is 1. The summed E-state index contributed by atoms with van der Waals surface area (Å²) >= 11 is 0.474. The molecule has 5 nitrogen and oxygen atoms in total. The molecule has 0 heterocycles. The lowest BCUT2D eigenvalue weighted by molar-refractivity contribution is 0.0961. The van der Waals surface area contributed by atoms with E-state index >= 15 is 0 Å². The third-order valence-electron chi connectivity index (χ3n) is 4.14. The maximum absolute atomic E-state index is 12.8. The van der Waals surface area contributed by atoms with Crippen molar-refractivity contribution in [2.75, 3.05) is 17.7 Å². The molecule has 0 unspecified atom stereocenters. The number of anilines is 3. The van der Waals surface area contributed by atoms with Crippen LogP contribution in [-0.4, -0.2) is 24.6 Å². The summed E-state index contributed by atoms with van der Waals surface area (Å²) in [6, 6.07) is 20.1. The topological polar surface area (TPSA) is 70.2 Å². The molecule has 3 aromatic carbocycles. The summed E-state index contributed by atoms with van der Waals surface area (Å²) in [7, 11) is 1.54. The van der Waals surface area contributed by atoms with E-state index in [1.54, 1.807) is 72.8 Å². The molecule has 3 aromatic rings. The third kappa shape index (κ3) is 5.57. The van der Waals surface area contributed by atoms with Gasteiger partial charge in [0.1, 0.15) is 0 Å². The number of benzene rings is 3. The molecule has 0 saturated carbocycles. The van der Waals surface area contributed by atoms with Gasteiger partial charge in [0.25, 0.3) is 17.6 Å². The van der Waals surface area contributed by atoms with E-state index in [4.69, 9.17) is 0 Å². The second kappa shape index (κ2) is 9.89. The zero-order chi connectivity index (χ0) is 21.5. The lowest BCUT2D eigenvalue weighted by Crippen LogP contribution is -2.18. The Bertz CT molecular complexity index is 1040. The molecule has 3 N–H and O–H groups in total. The van der Waals surface area contributed by atoms with Crippen LogP contribution in [0, 0.1) is 0 Å². The van der Waals surface area contributed by atoms with E-state index in [-0.39, 0.29) is 11.8 Å². The molecular weight excluding hydrogens is 408 g/mol. The van der Waals surface area contributed by atoms with Gasteiger partial charge in [-0.05, 0) is 54.6 Å². The van der Waals surface area contributed by atoms with Gasteiger partial charge in [0.2, 0.25) is 0 Å². The van der Waals surface area contributed by atoms with E-state index in [0.29, 0.717) is 44.8 Å². The van der Waals surface area contributed by atoms with Gasteiger partial charge in [-0.2, -0.15) is 8.78 Å². The zero-order valence-electron chi connectivity index (χ0n) is 16.0. The molecule has 2 amide bonds. The highest BCUT2D eigenvalue weighted by atomic mass is 32.2. The van der Waals surface area contributed by atoms with Crippen LogP contribution >= 0.6 is 11.8 Å². The number of hydrogen-bond acceptors (Lipinski definition) is 4. The van der Waals surface area contributed by atoms with Gasteiger partial charge in [-0.3, -0.25) is 9.59 Å². The second-order valence-corrected chi connectivity index (χ2v) is 7.25. The Morgan fingerprint density at radius 3 is 2.30 bits per heavy atom. The predicted molar refractivity (Wildman–Crippen MR) is 116 cm³/mol. The van der Waals surface area contributed by atoms with Crippen molar-refractivity contribution in [2.45, 2.75) is 10.7 Å². The Balaban J connectivity index is 1.76. The van der Waals surface area contributed by atoms with Crippen molar-refractivity contribution in [3.63, 3.8) is 0 Å². The molecule has 8 heteroatoms. The van der Waals surface area contributed by atoms with Crippen LogP contribution in [0.1, 0.15) is 20.7 Å². The van der Waals surface area contributed by atoms with Crippen LogP contribution in [0.15, 0.2) is 77.7 Å². The molecule has 0 fully saturated rings. The summed E-state index contributed by atoms with van der Waals surface area (Å²) < 4.78 is 24.9. The second-order valence-electron chi connectivity index (χ2n) is 6.19. The first-order valence-electron chi connectivity index (χ1n) is 9.00. The molecule has 0 aromatic heterocycles. The lowest BCUT2D eigenvalue weighted by Gasteiger charge is -2.13. The first kappa shape index (κ1) is 21.3. The molecule has 0 bridgehead atoms. The number of amides is 2. The van der Waals surface area contributed by atoms with Crippen LogP contribution in [0.25, 0.3) is 0 Å². The summed E-state index contributed by atoms with van der Waals surface area (Å²) in [4.78, 5) is 25.1. The van der Waals surface area contributed by atoms with Gasteiger partial charge < -0.3 is 16.0 Å². The minimum Gasteiger partial charge on any atom is -0.355 e. The number of halogens is 2. The Kier molecular flexibility index (Phi) is 7.03. The van der Waals surface area contributed by atoms with Crippen LogP contribution < -0.4 is 16.0 Å². The van der Waals surface area contributed by atoms with Crippen molar-refractivity contribution >= 4 is 40.6 Å². The minimum atomic E-state index is -2.48. The van der Waals surface area contributed by atoms with Gasteiger partial charge in [-0.1, -0.05) is 30.0 Å². The molecule has 3 rings (SSSR count). The lowest BCUT2D eigenvalue weighted by atomic mass is 10.1. The van der Waals surface area contributed by atoms with Crippen LogP contribution in [-0.2, 0) is 0 Å². The number of nitrogens with one attached hydrogen (secondary N) is 3. The molecular formula is C22H19F2N3O2S. The van der Waals surface area contributed by atoms with Crippen LogP contribution in [0.3, 0.4) is 0 Å². The van der Waals surface area contributed by atoms with Crippen molar-refractivity contribution in [1.82, 2.24) is 5.32 Å². The van der Waals surface area contributed by atoms with Crippen molar-refractivity contribution in [3.05, 3.63) is 83.9 Å². The minimum absolute atomic E-state index is 0.249. The Morgan fingerprint density at radius 2 is 1.60 bits per heavy atom. The van der Waals surface area contributed by atoms with Gasteiger partial charge >= 0.3 is 0 Å². The fourth-order valence-corrected chi connectivity index (χ4v) is 3.25. The van der Waals surface area contributed by atoms with Gasteiger partial charge in [0.15, 0.2) is 0 Å². The van der Waals surface area contributed by atoms with E-state index in [9.17, 15) is 18.4 Å². The molecule has 0 radical (unpaired) electrons. The fraction of sp³-hybridized carbons (Fsp3) is 0.0909. The van der Waals surface area contributed by atoms with E-state index in [1.807, 2.05) is 0 Å². The average molecular weight is 427 g/mol. The maximum Gasteiger partial charge on any atom is 0.288 e. The standard InChI is InChI=1S/C22H19F2N3O2S/c1-25-20(28)14-5-4-6-16(13-14)27-21(29)18-7-2-3-8-19(18)26-15-9-11-17(12-10-15)30-22(23)24/h2-13,22,26H,1H3,(H,25,28)(H,27,29). The highest BCUT2D eigenvalue weighted by Crippen LogP contribution is 2.28. The summed E-state index contributed by atoms with van der Waals surface area (Å²) in [6.07, 6.45) is 0. The van der Waals surface area contributed by atoms with E-state index in [0.717, 1.165) is 0 Å². The van der Waals surface area contributed by atoms with Gasteiger partial charge in [-0.15, -0.1) is 0 Å². The predicted octanol–water partition coefficient (Wildman–Crippen LogP) is 5.36. The highest BCUT2D eigenvalue weighted by molar-refractivity contribution is 7.99. The first-order valence-corrected chi connectivity index (χ1v) is 9.88.